The van der Waals surface area contributed by atoms with Gasteiger partial charge in [0.2, 0.25) is 10.0 Å². The van der Waals surface area contributed by atoms with Crippen LogP contribution in [0.5, 0.6) is 11.5 Å². The summed E-state index contributed by atoms with van der Waals surface area (Å²) in [6.45, 7) is 4.76. The van der Waals surface area contributed by atoms with E-state index < -0.39 is 10.0 Å². The quantitative estimate of drug-likeness (QED) is 0.696. The molecular formula is C25H31N3O4S. The van der Waals surface area contributed by atoms with Gasteiger partial charge in [0, 0.05) is 32.2 Å². The molecule has 0 radical (unpaired) electrons. The van der Waals surface area contributed by atoms with Crippen molar-refractivity contribution in [1.29, 1.82) is 0 Å². The maximum atomic E-state index is 13.9. The molecule has 1 amide bonds. The second-order valence-electron chi connectivity index (χ2n) is 9.36. The van der Waals surface area contributed by atoms with Crippen molar-refractivity contribution < 1.29 is 17.9 Å². The molecule has 7 nitrogen and oxygen atoms in total. The van der Waals surface area contributed by atoms with Crippen molar-refractivity contribution in [3.05, 3.63) is 42.0 Å². The molecule has 8 heteroatoms. The van der Waals surface area contributed by atoms with Gasteiger partial charge >= 0.3 is 0 Å². The number of amides is 1. The predicted molar refractivity (Wildman–Crippen MR) is 129 cm³/mol. The normalized spacial score (nSPS) is 20.2. The van der Waals surface area contributed by atoms with Gasteiger partial charge in [0.25, 0.3) is 5.91 Å². The Hall–Kier alpha value is -2.58. The lowest BCUT2D eigenvalue weighted by Crippen LogP contribution is -2.39. The smallest absolute Gasteiger partial charge is 0.259 e. The largest absolute Gasteiger partial charge is 0.454 e. The molecule has 0 saturated carbocycles. The third-order valence-electron chi connectivity index (χ3n) is 6.97. The number of carbonyl (C=O) groups is 1. The van der Waals surface area contributed by atoms with Crippen LogP contribution in [-0.2, 0) is 10.0 Å². The van der Waals surface area contributed by atoms with Crippen molar-refractivity contribution in [2.45, 2.75) is 50.3 Å². The summed E-state index contributed by atoms with van der Waals surface area (Å²) in [5, 5.41) is 2.87. The summed E-state index contributed by atoms with van der Waals surface area (Å²) in [6.07, 6.45) is 6.01. The summed E-state index contributed by atoms with van der Waals surface area (Å²) < 4.78 is 35.5. The Balaban J connectivity index is 1.63. The molecule has 0 spiro atoms. The van der Waals surface area contributed by atoms with Gasteiger partial charge in [0.05, 0.1) is 16.9 Å². The summed E-state index contributed by atoms with van der Waals surface area (Å²) in [4.78, 5) is 15.5. The number of nitrogens with one attached hydrogen (secondary N) is 1. The molecule has 2 saturated heterocycles. The SMILES string of the molecule is CC1CCN(S(=O)(=O)c2cc3c(cc2N2CCCCCC2)Oc2ccccc2NC3=O)CC1. The zero-order valence-electron chi connectivity index (χ0n) is 19.0. The van der Waals surface area contributed by atoms with Crippen LogP contribution in [0.4, 0.5) is 11.4 Å². The van der Waals surface area contributed by atoms with Crippen LogP contribution in [0.3, 0.4) is 0 Å². The minimum Gasteiger partial charge on any atom is -0.454 e. The number of hydrogen-bond donors (Lipinski definition) is 1. The van der Waals surface area contributed by atoms with Crippen molar-refractivity contribution in [2.75, 3.05) is 36.4 Å². The lowest BCUT2D eigenvalue weighted by atomic mass is 10.0. The summed E-state index contributed by atoms with van der Waals surface area (Å²) in [7, 11) is -3.76. The van der Waals surface area contributed by atoms with Crippen LogP contribution in [0.2, 0.25) is 0 Å². The van der Waals surface area contributed by atoms with E-state index in [9.17, 15) is 13.2 Å². The number of piperidine rings is 1. The first-order chi connectivity index (χ1) is 15.9. The Morgan fingerprint density at radius 3 is 2.36 bits per heavy atom. The number of ether oxygens (including phenoxy) is 1. The standard InChI is InChI=1S/C25H31N3O4S/c1-18-10-14-28(15-11-18)33(30,31)24-16-19-23(17-21(24)27-12-6-2-3-7-13-27)32-22-9-5-4-8-20(22)26-25(19)29/h4-5,8-9,16-18H,2-3,6-7,10-15H2,1H3,(H,26,29). The van der Waals surface area contributed by atoms with Gasteiger partial charge in [0.15, 0.2) is 5.75 Å². The number of sulfonamides is 1. The third kappa shape index (κ3) is 4.34. The van der Waals surface area contributed by atoms with Crippen LogP contribution in [0.1, 0.15) is 55.8 Å². The van der Waals surface area contributed by atoms with Gasteiger partial charge in [-0.2, -0.15) is 4.31 Å². The maximum Gasteiger partial charge on any atom is 0.259 e. The van der Waals surface area contributed by atoms with E-state index in [1.165, 1.54) is 6.07 Å². The van der Waals surface area contributed by atoms with Crippen LogP contribution in [-0.4, -0.2) is 44.8 Å². The van der Waals surface area contributed by atoms with Gasteiger partial charge in [-0.25, -0.2) is 8.42 Å². The van der Waals surface area contributed by atoms with Crippen LogP contribution >= 0.6 is 0 Å². The van der Waals surface area contributed by atoms with Gasteiger partial charge in [-0.05, 0) is 49.8 Å². The number of fused-ring (bicyclic) bond motifs is 2. The molecule has 2 aromatic carbocycles. The molecule has 176 valence electrons. The number of nitrogens with zero attached hydrogens (tertiary/aromatic N) is 2. The van der Waals surface area contributed by atoms with E-state index in [2.05, 4.69) is 17.1 Å². The average molecular weight is 470 g/mol. The third-order valence-corrected chi connectivity index (χ3v) is 8.90. The van der Waals surface area contributed by atoms with Gasteiger partial charge < -0.3 is 15.0 Å². The molecule has 33 heavy (non-hydrogen) atoms. The molecular weight excluding hydrogens is 438 g/mol. The van der Waals surface area contributed by atoms with Crippen molar-refractivity contribution in [3.8, 4) is 11.5 Å². The molecule has 2 aromatic rings. The minimum absolute atomic E-state index is 0.211. The second-order valence-corrected chi connectivity index (χ2v) is 11.3. The van der Waals surface area contributed by atoms with Gasteiger partial charge in [0.1, 0.15) is 10.6 Å². The maximum absolute atomic E-state index is 13.9. The lowest BCUT2D eigenvalue weighted by Gasteiger charge is -2.32. The van der Waals surface area contributed by atoms with Crippen molar-refractivity contribution in [3.63, 3.8) is 0 Å². The molecule has 3 heterocycles. The van der Waals surface area contributed by atoms with Crippen LogP contribution in [0.25, 0.3) is 0 Å². The molecule has 1 N–H and O–H groups in total. The summed E-state index contributed by atoms with van der Waals surface area (Å²) >= 11 is 0. The topological polar surface area (TPSA) is 79.0 Å². The highest BCUT2D eigenvalue weighted by Crippen LogP contribution is 2.41. The Morgan fingerprint density at radius 2 is 1.64 bits per heavy atom. The predicted octanol–water partition coefficient (Wildman–Crippen LogP) is 4.85. The summed E-state index contributed by atoms with van der Waals surface area (Å²) in [6, 6.07) is 10.6. The number of benzene rings is 2. The fourth-order valence-corrected chi connectivity index (χ4v) is 6.60. The Labute approximate surface area is 195 Å². The number of carbonyl (C=O) groups excluding carboxylic acids is 1. The van der Waals surface area contributed by atoms with E-state index in [0.717, 1.165) is 51.6 Å². The fraction of sp³-hybridized carbons (Fsp3) is 0.480. The summed E-state index contributed by atoms with van der Waals surface area (Å²) in [5.41, 5.74) is 1.46. The molecule has 5 rings (SSSR count). The molecule has 0 unspecified atom stereocenters. The molecule has 0 atom stereocenters. The van der Waals surface area contributed by atoms with Crippen molar-refractivity contribution in [1.82, 2.24) is 4.31 Å². The molecule has 2 fully saturated rings. The first kappa shape index (κ1) is 22.2. The van der Waals surface area contributed by atoms with E-state index in [0.29, 0.717) is 41.9 Å². The highest BCUT2D eigenvalue weighted by molar-refractivity contribution is 7.89. The van der Waals surface area contributed by atoms with E-state index in [1.54, 1.807) is 22.5 Å². The first-order valence-electron chi connectivity index (χ1n) is 11.9. The van der Waals surface area contributed by atoms with Crippen molar-refractivity contribution in [2.24, 2.45) is 5.92 Å². The van der Waals surface area contributed by atoms with Crippen LogP contribution < -0.4 is 15.0 Å². The molecule has 3 aliphatic heterocycles. The monoisotopic (exact) mass is 469 g/mol. The number of hydrogen-bond acceptors (Lipinski definition) is 5. The fourth-order valence-electron chi connectivity index (χ4n) is 4.91. The second kappa shape index (κ2) is 8.99. The zero-order chi connectivity index (χ0) is 23.0. The van der Waals surface area contributed by atoms with Crippen molar-refractivity contribution >= 4 is 27.3 Å². The highest BCUT2D eigenvalue weighted by Gasteiger charge is 2.34. The minimum atomic E-state index is -3.76. The first-order valence-corrected chi connectivity index (χ1v) is 13.4. The van der Waals surface area contributed by atoms with Crippen LogP contribution in [0.15, 0.2) is 41.3 Å². The van der Waals surface area contributed by atoms with E-state index in [-0.39, 0.29) is 16.4 Å². The molecule has 0 aliphatic carbocycles. The zero-order valence-corrected chi connectivity index (χ0v) is 19.9. The number of rotatable bonds is 3. The lowest BCUT2D eigenvalue weighted by molar-refractivity contribution is 0.102. The van der Waals surface area contributed by atoms with E-state index >= 15 is 0 Å². The van der Waals surface area contributed by atoms with Gasteiger partial charge in [-0.15, -0.1) is 0 Å². The van der Waals surface area contributed by atoms with E-state index in [4.69, 9.17) is 4.74 Å². The summed E-state index contributed by atoms with van der Waals surface area (Å²) in [5.74, 6) is 1.10. The van der Waals surface area contributed by atoms with Gasteiger partial charge in [-0.1, -0.05) is 31.9 Å². The molecule has 3 aliphatic rings. The Bertz CT molecular complexity index is 1150. The molecule has 0 bridgehead atoms. The average Bonchev–Trinajstić information content (AvgIpc) is 3.16. The highest BCUT2D eigenvalue weighted by atomic mass is 32.2. The number of anilines is 2. The van der Waals surface area contributed by atoms with E-state index in [1.807, 2.05) is 12.1 Å². The van der Waals surface area contributed by atoms with Crippen LogP contribution in [0, 0.1) is 5.92 Å². The Kier molecular flexibility index (Phi) is 6.05. The number of para-hydroxylation sites is 2. The molecule has 0 aromatic heterocycles. The van der Waals surface area contributed by atoms with Gasteiger partial charge in [-0.3, -0.25) is 4.79 Å². The Morgan fingerprint density at radius 1 is 0.939 bits per heavy atom.